The Hall–Kier alpha value is -1.76. The summed E-state index contributed by atoms with van der Waals surface area (Å²) in [4.78, 5) is 0. The van der Waals surface area contributed by atoms with Crippen molar-refractivity contribution in [3.63, 3.8) is 0 Å². The van der Waals surface area contributed by atoms with E-state index < -0.39 is 0 Å². The van der Waals surface area contributed by atoms with Crippen LogP contribution in [-0.4, -0.2) is 25.0 Å². The molecule has 16 heavy (non-hydrogen) atoms. The van der Waals surface area contributed by atoms with Gasteiger partial charge in [-0.3, -0.25) is 5.32 Å². The predicted octanol–water partition coefficient (Wildman–Crippen LogP) is 0.357. The number of nitrogens with one attached hydrogen (secondary N) is 1. The van der Waals surface area contributed by atoms with Gasteiger partial charge in [-0.15, -0.1) is 20.4 Å². The molecule has 2 aromatic heterocycles. The van der Waals surface area contributed by atoms with Gasteiger partial charge in [-0.1, -0.05) is 0 Å². The molecule has 0 aliphatic heterocycles. The Labute approximate surface area is 92.9 Å². The molecule has 7 nitrogen and oxygen atoms in total. The summed E-state index contributed by atoms with van der Waals surface area (Å²) in [5.74, 6) is 2.02. The highest BCUT2D eigenvalue weighted by molar-refractivity contribution is 4.92. The lowest BCUT2D eigenvalue weighted by atomic mass is 10.3. The van der Waals surface area contributed by atoms with E-state index >= 15 is 0 Å². The van der Waals surface area contributed by atoms with Crippen molar-refractivity contribution in [1.29, 1.82) is 0 Å². The molecule has 7 heteroatoms. The summed E-state index contributed by atoms with van der Waals surface area (Å²) in [6.07, 6.45) is 1.67. The maximum absolute atomic E-state index is 5.25. The van der Waals surface area contributed by atoms with Gasteiger partial charge < -0.3 is 8.98 Å². The summed E-state index contributed by atoms with van der Waals surface area (Å²) in [7, 11) is 1.91. The first-order valence-electron chi connectivity index (χ1n) is 5.03. The minimum atomic E-state index is 0.0831. The summed E-state index contributed by atoms with van der Waals surface area (Å²) in [5.41, 5.74) is 0. The van der Waals surface area contributed by atoms with Crippen LogP contribution in [0.1, 0.15) is 30.6 Å². The lowest BCUT2D eigenvalue weighted by Crippen LogP contribution is -2.21. The van der Waals surface area contributed by atoms with Gasteiger partial charge in [0.2, 0.25) is 11.8 Å². The zero-order valence-corrected chi connectivity index (χ0v) is 9.51. The van der Waals surface area contributed by atoms with E-state index in [1.807, 2.05) is 18.5 Å². The summed E-state index contributed by atoms with van der Waals surface area (Å²) in [5, 5.41) is 18.7. The second-order valence-corrected chi connectivity index (χ2v) is 3.62. The van der Waals surface area contributed by atoms with Gasteiger partial charge in [0.25, 0.3) is 0 Å². The number of aryl methyl sites for hydroxylation is 2. The molecule has 0 spiro atoms. The third kappa shape index (κ3) is 2.25. The number of hydrogen-bond donors (Lipinski definition) is 1. The molecule has 1 atom stereocenters. The average Bonchev–Trinajstić information content (AvgIpc) is 2.84. The van der Waals surface area contributed by atoms with Gasteiger partial charge in [0, 0.05) is 14.0 Å². The van der Waals surface area contributed by atoms with Crippen LogP contribution in [-0.2, 0) is 13.6 Å². The van der Waals surface area contributed by atoms with Crippen LogP contribution in [0.2, 0.25) is 0 Å². The van der Waals surface area contributed by atoms with Crippen molar-refractivity contribution < 1.29 is 4.42 Å². The molecule has 86 valence electrons. The average molecular weight is 222 g/mol. The summed E-state index contributed by atoms with van der Waals surface area (Å²) < 4.78 is 7.13. The first-order chi connectivity index (χ1) is 7.66. The van der Waals surface area contributed by atoms with Crippen molar-refractivity contribution in [1.82, 2.24) is 30.3 Å². The van der Waals surface area contributed by atoms with Crippen LogP contribution in [0.3, 0.4) is 0 Å². The Morgan fingerprint density at radius 2 is 2.25 bits per heavy atom. The van der Waals surface area contributed by atoms with Crippen LogP contribution in [0.15, 0.2) is 10.7 Å². The SMILES string of the molecule is Cc1nnc(CNC(C)c2nncn2C)o1. The highest BCUT2D eigenvalue weighted by atomic mass is 16.4. The molecule has 0 aliphatic rings. The molecule has 0 aliphatic carbocycles. The van der Waals surface area contributed by atoms with Crippen LogP contribution in [0, 0.1) is 6.92 Å². The molecular weight excluding hydrogens is 208 g/mol. The second-order valence-electron chi connectivity index (χ2n) is 3.62. The standard InChI is InChI=1S/C9H14N6O/c1-6(9-14-11-5-15(9)3)10-4-8-13-12-7(2)16-8/h5-6,10H,4H2,1-3H3. The first kappa shape index (κ1) is 10.7. The van der Waals surface area contributed by atoms with E-state index in [1.165, 1.54) is 0 Å². The third-order valence-electron chi connectivity index (χ3n) is 2.26. The fraction of sp³-hybridized carbons (Fsp3) is 0.556. The van der Waals surface area contributed by atoms with Gasteiger partial charge in [0.05, 0.1) is 12.6 Å². The number of hydrogen-bond acceptors (Lipinski definition) is 6. The predicted molar refractivity (Wildman–Crippen MR) is 55.3 cm³/mol. The molecule has 1 unspecified atom stereocenters. The molecule has 0 saturated carbocycles. The molecule has 1 N–H and O–H groups in total. The fourth-order valence-electron chi connectivity index (χ4n) is 1.42. The molecule has 2 aromatic rings. The van der Waals surface area contributed by atoms with Crippen molar-refractivity contribution in [2.45, 2.75) is 26.4 Å². The van der Waals surface area contributed by atoms with Crippen LogP contribution < -0.4 is 5.32 Å². The minimum absolute atomic E-state index is 0.0831. The molecule has 0 bridgehead atoms. The quantitative estimate of drug-likeness (QED) is 0.804. The molecule has 0 saturated heterocycles. The summed E-state index contributed by atoms with van der Waals surface area (Å²) in [6, 6.07) is 0.0831. The highest BCUT2D eigenvalue weighted by Gasteiger charge is 2.11. The molecule has 2 heterocycles. The van der Waals surface area contributed by atoms with Crippen molar-refractivity contribution in [2.24, 2.45) is 7.05 Å². The van der Waals surface area contributed by atoms with Crippen molar-refractivity contribution in [2.75, 3.05) is 0 Å². The van der Waals surface area contributed by atoms with E-state index in [4.69, 9.17) is 4.42 Å². The van der Waals surface area contributed by atoms with Crippen molar-refractivity contribution in [3.05, 3.63) is 23.9 Å². The first-order valence-corrected chi connectivity index (χ1v) is 5.03. The van der Waals surface area contributed by atoms with E-state index in [1.54, 1.807) is 13.3 Å². The lowest BCUT2D eigenvalue weighted by molar-refractivity contribution is 0.423. The Balaban J connectivity index is 1.93. The van der Waals surface area contributed by atoms with Gasteiger partial charge in [0.1, 0.15) is 12.2 Å². The number of nitrogens with zero attached hydrogens (tertiary/aromatic N) is 5. The summed E-state index contributed by atoms with van der Waals surface area (Å²) >= 11 is 0. The number of aromatic nitrogens is 5. The molecule has 0 fully saturated rings. The summed E-state index contributed by atoms with van der Waals surface area (Å²) in [6.45, 7) is 4.30. The van der Waals surface area contributed by atoms with Crippen LogP contribution in [0.5, 0.6) is 0 Å². The molecule has 0 aromatic carbocycles. The molecule has 0 amide bonds. The van der Waals surface area contributed by atoms with E-state index in [9.17, 15) is 0 Å². The largest absolute Gasteiger partial charge is 0.424 e. The maximum Gasteiger partial charge on any atom is 0.230 e. The maximum atomic E-state index is 5.25. The van der Waals surface area contributed by atoms with Crippen LogP contribution >= 0.6 is 0 Å². The van der Waals surface area contributed by atoms with Crippen LogP contribution in [0.25, 0.3) is 0 Å². The van der Waals surface area contributed by atoms with Gasteiger partial charge in [0.15, 0.2) is 0 Å². The Morgan fingerprint density at radius 1 is 1.44 bits per heavy atom. The topological polar surface area (TPSA) is 81.7 Å². The molecule has 2 rings (SSSR count). The van der Waals surface area contributed by atoms with Crippen molar-refractivity contribution >= 4 is 0 Å². The van der Waals surface area contributed by atoms with Gasteiger partial charge >= 0.3 is 0 Å². The van der Waals surface area contributed by atoms with E-state index in [-0.39, 0.29) is 6.04 Å². The van der Waals surface area contributed by atoms with Gasteiger partial charge in [-0.05, 0) is 6.92 Å². The normalized spacial score (nSPS) is 12.9. The zero-order chi connectivity index (χ0) is 11.5. The smallest absolute Gasteiger partial charge is 0.230 e. The van der Waals surface area contributed by atoms with Crippen molar-refractivity contribution in [3.8, 4) is 0 Å². The Kier molecular flexibility index (Phi) is 2.95. The second kappa shape index (κ2) is 4.40. The Morgan fingerprint density at radius 3 is 2.81 bits per heavy atom. The fourth-order valence-corrected chi connectivity index (χ4v) is 1.42. The van der Waals surface area contributed by atoms with E-state index in [0.717, 1.165) is 5.82 Å². The minimum Gasteiger partial charge on any atom is -0.424 e. The Bertz CT molecular complexity index is 462. The van der Waals surface area contributed by atoms with E-state index in [2.05, 4.69) is 25.7 Å². The zero-order valence-electron chi connectivity index (χ0n) is 9.51. The van der Waals surface area contributed by atoms with Gasteiger partial charge in [-0.25, -0.2) is 0 Å². The highest BCUT2D eigenvalue weighted by Crippen LogP contribution is 2.08. The molecule has 0 radical (unpaired) electrons. The van der Waals surface area contributed by atoms with Gasteiger partial charge in [-0.2, -0.15) is 0 Å². The van der Waals surface area contributed by atoms with Crippen LogP contribution in [0.4, 0.5) is 0 Å². The monoisotopic (exact) mass is 222 g/mol. The number of rotatable bonds is 4. The van der Waals surface area contributed by atoms with E-state index in [0.29, 0.717) is 18.3 Å². The third-order valence-corrected chi connectivity index (χ3v) is 2.26. The lowest BCUT2D eigenvalue weighted by Gasteiger charge is -2.10. The molecular formula is C9H14N6O.